The molecule has 5 heteroatoms. The normalized spacial score (nSPS) is 11.6. The van der Waals surface area contributed by atoms with Crippen LogP contribution in [0, 0.1) is 6.92 Å². The highest BCUT2D eigenvalue weighted by Crippen LogP contribution is 2.21. The summed E-state index contributed by atoms with van der Waals surface area (Å²) in [6.07, 6.45) is 5.22. The van der Waals surface area contributed by atoms with Gasteiger partial charge in [-0.1, -0.05) is 36.4 Å². The molecule has 126 valence electrons. The summed E-state index contributed by atoms with van der Waals surface area (Å²) in [5, 5.41) is 5.92. The number of carbonyl (C=O) groups excluding carboxylic acids is 1. The molecular formula is C20H20N4O. The average molecular weight is 332 g/mol. The van der Waals surface area contributed by atoms with Gasteiger partial charge in [-0.3, -0.25) is 9.97 Å². The average Bonchev–Trinajstić information content (AvgIpc) is 2.67. The first-order valence-corrected chi connectivity index (χ1v) is 8.13. The Morgan fingerprint density at radius 1 is 1.00 bits per heavy atom. The minimum Gasteiger partial charge on any atom is -0.334 e. The van der Waals surface area contributed by atoms with Gasteiger partial charge in [0.2, 0.25) is 0 Å². The Morgan fingerprint density at radius 2 is 1.72 bits per heavy atom. The summed E-state index contributed by atoms with van der Waals surface area (Å²) >= 11 is 0. The molecule has 3 rings (SSSR count). The molecule has 1 aromatic carbocycles. The van der Waals surface area contributed by atoms with E-state index in [0.717, 1.165) is 22.4 Å². The highest BCUT2D eigenvalue weighted by atomic mass is 16.2. The van der Waals surface area contributed by atoms with E-state index in [-0.39, 0.29) is 12.1 Å². The number of aryl methyl sites for hydroxylation is 1. The summed E-state index contributed by atoms with van der Waals surface area (Å²) in [5.41, 5.74) is 3.91. The number of aromatic nitrogens is 2. The van der Waals surface area contributed by atoms with Gasteiger partial charge in [0.05, 0.1) is 6.04 Å². The molecule has 0 aliphatic heterocycles. The third kappa shape index (κ3) is 4.64. The fourth-order valence-electron chi connectivity index (χ4n) is 2.53. The number of pyridine rings is 2. The van der Waals surface area contributed by atoms with Crippen molar-refractivity contribution < 1.29 is 4.79 Å². The molecular weight excluding hydrogens is 312 g/mol. The first-order valence-electron chi connectivity index (χ1n) is 8.13. The molecule has 2 aromatic heterocycles. The Bertz CT molecular complexity index is 765. The van der Waals surface area contributed by atoms with Crippen molar-refractivity contribution in [2.75, 3.05) is 0 Å². The van der Waals surface area contributed by atoms with E-state index in [2.05, 4.69) is 20.6 Å². The number of nitrogens with one attached hydrogen (secondary N) is 2. The summed E-state index contributed by atoms with van der Waals surface area (Å²) < 4.78 is 0. The van der Waals surface area contributed by atoms with Crippen LogP contribution in [0.25, 0.3) is 0 Å². The SMILES string of the molecule is Cc1ccc(CNC(=O)NC(c2ccccc2)c2ccncc2)cn1. The van der Waals surface area contributed by atoms with Crippen molar-refractivity contribution in [2.45, 2.75) is 19.5 Å². The first-order chi connectivity index (χ1) is 12.2. The number of hydrogen-bond acceptors (Lipinski definition) is 3. The van der Waals surface area contributed by atoms with Crippen LogP contribution in [0.3, 0.4) is 0 Å². The molecule has 1 atom stereocenters. The van der Waals surface area contributed by atoms with Gasteiger partial charge in [0.1, 0.15) is 0 Å². The lowest BCUT2D eigenvalue weighted by Gasteiger charge is -2.20. The van der Waals surface area contributed by atoms with Gasteiger partial charge in [0.15, 0.2) is 0 Å². The number of benzene rings is 1. The van der Waals surface area contributed by atoms with E-state index in [1.54, 1.807) is 18.6 Å². The monoisotopic (exact) mass is 332 g/mol. The van der Waals surface area contributed by atoms with Crippen LogP contribution >= 0.6 is 0 Å². The topological polar surface area (TPSA) is 66.9 Å². The number of rotatable bonds is 5. The molecule has 25 heavy (non-hydrogen) atoms. The Balaban J connectivity index is 1.69. The van der Waals surface area contributed by atoms with E-state index in [1.807, 2.05) is 61.5 Å². The van der Waals surface area contributed by atoms with E-state index in [4.69, 9.17) is 0 Å². The Morgan fingerprint density at radius 3 is 2.40 bits per heavy atom. The quantitative estimate of drug-likeness (QED) is 0.753. The summed E-state index contributed by atoms with van der Waals surface area (Å²) in [6.45, 7) is 2.36. The minimum absolute atomic E-state index is 0.230. The summed E-state index contributed by atoms with van der Waals surface area (Å²) in [6, 6.07) is 17.1. The molecule has 0 radical (unpaired) electrons. The predicted molar refractivity (Wildman–Crippen MR) is 96.9 cm³/mol. The molecule has 0 saturated carbocycles. The zero-order chi connectivity index (χ0) is 17.5. The van der Waals surface area contributed by atoms with Crippen molar-refractivity contribution in [2.24, 2.45) is 0 Å². The zero-order valence-electron chi connectivity index (χ0n) is 14.0. The van der Waals surface area contributed by atoms with E-state index < -0.39 is 0 Å². The number of amides is 2. The number of hydrogen-bond donors (Lipinski definition) is 2. The highest BCUT2D eigenvalue weighted by molar-refractivity contribution is 5.75. The molecule has 0 saturated heterocycles. The van der Waals surface area contributed by atoms with Crippen molar-refractivity contribution in [1.29, 1.82) is 0 Å². The van der Waals surface area contributed by atoms with Crippen molar-refractivity contribution in [3.8, 4) is 0 Å². The Hall–Kier alpha value is -3.21. The van der Waals surface area contributed by atoms with Crippen LogP contribution < -0.4 is 10.6 Å². The Labute approximate surface area is 147 Å². The molecule has 0 bridgehead atoms. The molecule has 2 amide bonds. The molecule has 2 heterocycles. The number of carbonyl (C=O) groups is 1. The first kappa shape index (κ1) is 16.6. The van der Waals surface area contributed by atoms with E-state index in [0.29, 0.717) is 6.54 Å². The maximum Gasteiger partial charge on any atom is 0.315 e. The molecule has 0 fully saturated rings. The fourth-order valence-corrected chi connectivity index (χ4v) is 2.53. The van der Waals surface area contributed by atoms with Gasteiger partial charge in [0.25, 0.3) is 0 Å². The fraction of sp³-hybridized carbons (Fsp3) is 0.150. The Kier molecular flexibility index (Phi) is 5.36. The molecule has 0 aliphatic rings. The summed E-state index contributed by atoms with van der Waals surface area (Å²) in [4.78, 5) is 20.7. The second kappa shape index (κ2) is 8.06. The van der Waals surface area contributed by atoms with Crippen LogP contribution in [0.1, 0.15) is 28.4 Å². The van der Waals surface area contributed by atoms with E-state index in [9.17, 15) is 4.79 Å². The van der Waals surface area contributed by atoms with Crippen molar-refractivity contribution >= 4 is 6.03 Å². The van der Waals surface area contributed by atoms with Crippen LogP contribution in [-0.4, -0.2) is 16.0 Å². The van der Waals surface area contributed by atoms with Crippen LogP contribution in [0.5, 0.6) is 0 Å². The smallest absolute Gasteiger partial charge is 0.315 e. The van der Waals surface area contributed by atoms with Gasteiger partial charge in [-0.25, -0.2) is 4.79 Å². The standard InChI is InChI=1S/C20H20N4O/c1-15-7-8-16(13-22-15)14-23-20(25)24-19(17-5-3-2-4-6-17)18-9-11-21-12-10-18/h2-13,19H,14H2,1H3,(H2,23,24,25). The lowest BCUT2D eigenvalue weighted by molar-refractivity contribution is 0.238. The second-order valence-electron chi connectivity index (χ2n) is 5.76. The van der Waals surface area contributed by atoms with Crippen molar-refractivity contribution in [3.63, 3.8) is 0 Å². The van der Waals surface area contributed by atoms with Gasteiger partial charge in [-0.2, -0.15) is 0 Å². The number of nitrogens with zero attached hydrogens (tertiary/aromatic N) is 2. The highest BCUT2D eigenvalue weighted by Gasteiger charge is 2.16. The summed E-state index contributed by atoms with van der Waals surface area (Å²) in [7, 11) is 0. The van der Waals surface area contributed by atoms with E-state index >= 15 is 0 Å². The van der Waals surface area contributed by atoms with Crippen LogP contribution in [0.15, 0.2) is 73.2 Å². The van der Waals surface area contributed by atoms with Crippen molar-refractivity contribution in [1.82, 2.24) is 20.6 Å². The van der Waals surface area contributed by atoms with Gasteiger partial charge in [-0.05, 0) is 41.8 Å². The molecule has 1 unspecified atom stereocenters. The van der Waals surface area contributed by atoms with Gasteiger partial charge in [-0.15, -0.1) is 0 Å². The lowest BCUT2D eigenvalue weighted by atomic mass is 10.00. The summed E-state index contributed by atoms with van der Waals surface area (Å²) in [5.74, 6) is 0. The van der Waals surface area contributed by atoms with Crippen LogP contribution in [0.2, 0.25) is 0 Å². The van der Waals surface area contributed by atoms with Gasteiger partial charge in [0, 0.05) is 30.8 Å². The minimum atomic E-state index is -0.236. The molecule has 2 N–H and O–H groups in total. The predicted octanol–water partition coefficient (Wildman–Crippen LogP) is 3.37. The molecule has 0 aliphatic carbocycles. The second-order valence-corrected chi connectivity index (χ2v) is 5.76. The largest absolute Gasteiger partial charge is 0.334 e. The lowest BCUT2D eigenvalue weighted by Crippen LogP contribution is -2.38. The number of urea groups is 1. The third-order valence-electron chi connectivity index (χ3n) is 3.87. The molecule has 5 nitrogen and oxygen atoms in total. The van der Waals surface area contributed by atoms with E-state index in [1.165, 1.54) is 0 Å². The van der Waals surface area contributed by atoms with Crippen LogP contribution in [-0.2, 0) is 6.54 Å². The molecule has 0 spiro atoms. The zero-order valence-corrected chi connectivity index (χ0v) is 14.0. The van der Waals surface area contributed by atoms with Gasteiger partial charge >= 0.3 is 6.03 Å². The van der Waals surface area contributed by atoms with Crippen molar-refractivity contribution in [3.05, 3.63) is 95.6 Å². The molecule has 3 aromatic rings. The maximum atomic E-state index is 12.4. The maximum absolute atomic E-state index is 12.4. The third-order valence-corrected chi connectivity index (χ3v) is 3.87. The van der Waals surface area contributed by atoms with Crippen LogP contribution in [0.4, 0.5) is 4.79 Å². The van der Waals surface area contributed by atoms with Gasteiger partial charge < -0.3 is 10.6 Å².